The third kappa shape index (κ3) is 1.99. The monoisotopic (exact) mass is 410 g/mol. The van der Waals surface area contributed by atoms with Crippen LogP contribution < -0.4 is 0 Å². The average Bonchev–Trinajstić information content (AvgIpc) is 2.84. The summed E-state index contributed by atoms with van der Waals surface area (Å²) in [5.74, 6) is 3.85. The highest BCUT2D eigenvalue weighted by Gasteiger charge is 2.59. The van der Waals surface area contributed by atoms with Crippen molar-refractivity contribution in [1.29, 1.82) is 0 Å². The normalized spacial score (nSPS) is 53.5. The lowest BCUT2D eigenvalue weighted by Crippen LogP contribution is -2.53. The molecule has 0 aromatic rings. The maximum absolute atomic E-state index is 2.82. The summed E-state index contributed by atoms with van der Waals surface area (Å²) in [6, 6.07) is 0. The summed E-state index contributed by atoms with van der Waals surface area (Å²) in [7, 11) is 0. The van der Waals surface area contributed by atoms with Crippen LogP contribution >= 0.6 is 22.6 Å². The van der Waals surface area contributed by atoms with Gasteiger partial charge in [-0.25, -0.2) is 0 Å². The zero-order chi connectivity index (χ0) is 15.5. The molecular formula is C21H31I. The molecule has 4 rings (SSSR count). The molecule has 7 atom stereocenters. The van der Waals surface area contributed by atoms with Crippen LogP contribution in [-0.2, 0) is 0 Å². The summed E-state index contributed by atoms with van der Waals surface area (Å²) < 4.78 is 0.869. The minimum atomic E-state index is 0.385. The second-order valence-electron chi connectivity index (χ2n) is 8.89. The summed E-state index contributed by atoms with van der Waals surface area (Å²) in [5.41, 5.74) is 2.80. The fraction of sp³-hybridized carbons (Fsp3) is 0.810. The Balaban J connectivity index is 1.72. The third-order valence-electron chi connectivity index (χ3n) is 8.28. The van der Waals surface area contributed by atoms with Gasteiger partial charge in [-0.1, -0.05) is 73.6 Å². The van der Waals surface area contributed by atoms with E-state index < -0.39 is 0 Å². The largest absolute Gasteiger partial charge is 0.0839 e. The minimum Gasteiger partial charge on any atom is -0.0839 e. The molecule has 0 unspecified atom stereocenters. The maximum Gasteiger partial charge on any atom is 0.0181 e. The molecule has 0 aliphatic heterocycles. The van der Waals surface area contributed by atoms with Crippen molar-refractivity contribution < 1.29 is 0 Å². The number of rotatable bonds is 1. The highest BCUT2D eigenvalue weighted by Crippen LogP contribution is 2.67. The smallest absolute Gasteiger partial charge is 0.0181 e. The van der Waals surface area contributed by atoms with Crippen LogP contribution in [0.15, 0.2) is 23.8 Å². The van der Waals surface area contributed by atoms with E-state index in [9.17, 15) is 0 Å². The SMILES string of the molecule is CC[C@H]1CC[C@H]2[C@@H]3[C@H](I)CC4=CCC=C[C@]4(C)[C@H]3CC[C@]12C. The van der Waals surface area contributed by atoms with Crippen molar-refractivity contribution in [1.82, 2.24) is 0 Å². The van der Waals surface area contributed by atoms with E-state index in [-0.39, 0.29) is 0 Å². The Morgan fingerprint density at radius 3 is 2.77 bits per heavy atom. The molecule has 0 aromatic heterocycles. The second kappa shape index (κ2) is 5.36. The zero-order valence-electron chi connectivity index (χ0n) is 14.4. The zero-order valence-corrected chi connectivity index (χ0v) is 16.6. The lowest BCUT2D eigenvalue weighted by molar-refractivity contribution is -0.0284. The fourth-order valence-corrected chi connectivity index (χ4v) is 8.52. The Hall–Kier alpha value is 0.210. The van der Waals surface area contributed by atoms with Crippen LogP contribution in [0.1, 0.15) is 65.7 Å². The molecule has 4 aliphatic carbocycles. The van der Waals surface area contributed by atoms with Gasteiger partial charge in [0.2, 0.25) is 0 Å². The summed E-state index contributed by atoms with van der Waals surface area (Å²) in [6.07, 6.45) is 17.5. The predicted octanol–water partition coefficient (Wildman–Crippen LogP) is 6.56. The van der Waals surface area contributed by atoms with Crippen LogP contribution in [0.4, 0.5) is 0 Å². The second-order valence-corrected chi connectivity index (χ2v) is 10.5. The topological polar surface area (TPSA) is 0 Å². The number of alkyl halides is 1. The molecule has 0 aromatic carbocycles. The van der Waals surface area contributed by atoms with Gasteiger partial charge in [-0.05, 0) is 67.6 Å². The standard InChI is InChI=1S/C21H31I/c1-4-14-8-9-16-19-17(10-12-21(14,16)3)20(2)11-6-5-7-15(20)13-18(19)22/h6-7,11,14,16-19H,4-5,8-10,12-13H2,1-3H3/t14-,16-,17-,18+,19-,20-,21+/m0/s1. The van der Waals surface area contributed by atoms with Crippen LogP contribution in [0.2, 0.25) is 0 Å². The van der Waals surface area contributed by atoms with Gasteiger partial charge in [0.05, 0.1) is 0 Å². The summed E-state index contributed by atoms with van der Waals surface area (Å²) in [6.45, 7) is 7.64. The van der Waals surface area contributed by atoms with Crippen LogP contribution in [-0.4, -0.2) is 3.92 Å². The van der Waals surface area contributed by atoms with Gasteiger partial charge < -0.3 is 0 Å². The van der Waals surface area contributed by atoms with Gasteiger partial charge in [-0.3, -0.25) is 0 Å². The predicted molar refractivity (Wildman–Crippen MR) is 103 cm³/mol. The van der Waals surface area contributed by atoms with Crippen LogP contribution in [0.25, 0.3) is 0 Å². The number of hydrogen-bond donors (Lipinski definition) is 0. The average molecular weight is 410 g/mol. The first-order chi connectivity index (χ1) is 10.5. The van der Waals surface area contributed by atoms with Crippen LogP contribution in [0.3, 0.4) is 0 Å². The molecule has 0 N–H and O–H groups in total. The molecule has 0 spiro atoms. The van der Waals surface area contributed by atoms with E-state index in [4.69, 9.17) is 0 Å². The van der Waals surface area contributed by atoms with E-state index in [1.807, 2.05) is 0 Å². The van der Waals surface area contributed by atoms with E-state index in [0.717, 1.165) is 27.6 Å². The van der Waals surface area contributed by atoms with Gasteiger partial charge in [0, 0.05) is 9.34 Å². The first-order valence-corrected chi connectivity index (χ1v) is 10.8. The molecule has 0 bridgehead atoms. The highest BCUT2D eigenvalue weighted by molar-refractivity contribution is 14.1. The Kier molecular flexibility index (Phi) is 3.83. The molecule has 0 amide bonds. The minimum absolute atomic E-state index is 0.385. The lowest BCUT2D eigenvalue weighted by Gasteiger charge is -2.58. The number of allylic oxidation sites excluding steroid dienone is 4. The van der Waals surface area contributed by atoms with Crippen molar-refractivity contribution in [3.05, 3.63) is 23.8 Å². The number of fused-ring (bicyclic) bond motifs is 5. The van der Waals surface area contributed by atoms with E-state index in [0.29, 0.717) is 10.8 Å². The Morgan fingerprint density at radius 2 is 2.00 bits per heavy atom. The molecule has 0 saturated heterocycles. The Bertz CT molecular complexity index is 518. The molecular weight excluding hydrogens is 379 g/mol. The fourth-order valence-electron chi connectivity index (χ4n) is 7.04. The lowest BCUT2D eigenvalue weighted by atomic mass is 9.47. The van der Waals surface area contributed by atoms with Gasteiger partial charge in [0.25, 0.3) is 0 Å². The van der Waals surface area contributed by atoms with Crippen molar-refractivity contribution in [3.63, 3.8) is 0 Å². The van der Waals surface area contributed by atoms with E-state index in [1.165, 1.54) is 44.9 Å². The van der Waals surface area contributed by atoms with Crippen molar-refractivity contribution in [2.75, 3.05) is 0 Å². The van der Waals surface area contributed by atoms with Gasteiger partial charge in [0.1, 0.15) is 0 Å². The van der Waals surface area contributed by atoms with E-state index >= 15 is 0 Å². The van der Waals surface area contributed by atoms with Gasteiger partial charge in [-0.15, -0.1) is 0 Å². The summed E-state index contributed by atoms with van der Waals surface area (Å²) in [5, 5.41) is 0. The van der Waals surface area contributed by atoms with Crippen LogP contribution in [0, 0.1) is 34.5 Å². The quantitative estimate of drug-likeness (QED) is 0.261. The molecule has 0 heterocycles. The molecule has 1 heteroatoms. The maximum atomic E-state index is 2.82. The molecule has 22 heavy (non-hydrogen) atoms. The van der Waals surface area contributed by atoms with Gasteiger partial charge in [0.15, 0.2) is 0 Å². The van der Waals surface area contributed by atoms with E-state index in [1.54, 1.807) is 5.57 Å². The highest BCUT2D eigenvalue weighted by atomic mass is 127. The molecule has 3 saturated carbocycles. The molecule has 122 valence electrons. The van der Waals surface area contributed by atoms with Gasteiger partial charge in [-0.2, -0.15) is 0 Å². The number of halogens is 1. The molecule has 4 aliphatic rings. The summed E-state index contributed by atoms with van der Waals surface area (Å²) >= 11 is 2.82. The van der Waals surface area contributed by atoms with Crippen LogP contribution in [0.5, 0.6) is 0 Å². The van der Waals surface area contributed by atoms with Crippen molar-refractivity contribution >= 4 is 22.6 Å². The molecule has 0 nitrogen and oxygen atoms in total. The third-order valence-corrected chi connectivity index (χ3v) is 9.55. The first kappa shape index (κ1) is 15.7. The Morgan fingerprint density at radius 1 is 1.18 bits per heavy atom. The molecule has 3 fully saturated rings. The summed E-state index contributed by atoms with van der Waals surface area (Å²) in [4.78, 5) is 0. The van der Waals surface area contributed by atoms with Gasteiger partial charge >= 0.3 is 0 Å². The van der Waals surface area contributed by atoms with Crippen molar-refractivity contribution in [2.45, 2.75) is 69.6 Å². The van der Waals surface area contributed by atoms with Crippen molar-refractivity contribution in [2.24, 2.45) is 34.5 Å². The number of hydrogen-bond acceptors (Lipinski definition) is 0. The first-order valence-electron chi connectivity index (χ1n) is 9.52. The van der Waals surface area contributed by atoms with E-state index in [2.05, 4.69) is 61.6 Å². The van der Waals surface area contributed by atoms with Crippen molar-refractivity contribution in [3.8, 4) is 0 Å². The Labute approximate surface area is 150 Å². The molecule has 0 radical (unpaired) electrons.